The standard InChI is InChI=1S/C19H14N4O4S/c1-10-17(21-22-19(25)28-10)12-6-7-15-13(9-12)14(18(24)20-15)8-11-4-2-3-5-16(11)23(26)27/h2-10H,1H3,(H,20,24)(H,22,25). The third kappa shape index (κ3) is 3.16. The maximum absolute atomic E-state index is 12.5. The molecule has 2 aliphatic rings. The van der Waals surface area contributed by atoms with E-state index in [1.54, 1.807) is 30.3 Å². The van der Waals surface area contributed by atoms with Gasteiger partial charge >= 0.3 is 0 Å². The fraction of sp³-hybridized carbons (Fsp3) is 0.105. The maximum atomic E-state index is 12.5. The number of rotatable bonds is 3. The Kier molecular flexibility index (Phi) is 4.44. The van der Waals surface area contributed by atoms with Crippen LogP contribution in [0.5, 0.6) is 0 Å². The average molecular weight is 394 g/mol. The molecular formula is C19H14N4O4S. The number of nitro benzene ring substituents is 1. The predicted octanol–water partition coefficient (Wildman–Crippen LogP) is 3.64. The second kappa shape index (κ2) is 6.93. The summed E-state index contributed by atoms with van der Waals surface area (Å²) < 4.78 is 0. The highest BCUT2D eigenvalue weighted by Gasteiger charge is 2.28. The molecule has 8 nitrogen and oxygen atoms in total. The minimum atomic E-state index is -0.477. The fourth-order valence-electron chi connectivity index (χ4n) is 3.16. The smallest absolute Gasteiger partial charge is 0.299 e. The molecule has 2 aromatic carbocycles. The molecule has 140 valence electrons. The summed E-state index contributed by atoms with van der Waals surface area (Å²) in [4.78, 5) is 34.7. The number of thioether (sulfide) groups is 1. The van der Waals surface area contributed by atoms with Crippen molar-refractivity contribution in [3.63, 3.8) is 0 Å². The highest BCUT2D eigenvalue weighted by atomic mass is 32.2. The Bertz CT molecular complexity index is 1090. The second-order valence-corrected chi connectivity index (χ2v) is 7.56. The predicted molar refractivity (Wildman–Crippen MR) is 108 cm³/mol. The Morgan fingerprint density at radius 1 is 1.21 bits per heavy atom. The number of para-hydroxylation sites is 1. The van der Waals surface area contributed by atoms with E-state index in [2.05, 4.69) is 15.8 Å². The van der Waals surface area contributed by atoms with E-state index in [0.29, 0.717) is 28.1 Å². The van der Waals surface area contributed by atoms with Gasteiger partial charge in [-0.05, 0) is 36.8 Å². The first-order valence-electron chi connectivity index (χ1n) is 8.39. The van der Waals surface area contributed by atoms with Crippen molar-refractivity contribution in [2.75, 3.05) is 5.32 Å². The lowest BCUT2D eigenvalue weighted by atomic mass is 9.98. The highest BCUT2D eigenvalue weighted by Crippen LogP contribution is 2.36. The number of benzene rings is 2. The molecule has 28 heavy (non-hydrogen) atoms. The molecule has 2 amide bonds. The first kappa shape index (κ1) is 17.9. The number of hydrazone groups is 1. The number of anilines is 1. The molecule has 0 aliphatic carbocycles. The number of fused-ring (bicyclic) bond motifs is 1. The molecule has 1 atom stereocenters. The molecule has 0 spiro atoms. The van der Waals surface area contributed by atoms with Crippen LogP contribution in [0.4, 0.5) is 16.2 Å². The SMILES string of the molecule is CC1SC(=O)NN=C1c1ccc2c(c1)C(=Cc1ccccc1[N+](=O)[O-])C(=O)N2. The molecule has 9 heteroatoms. The van der Waals surface area contributed by atoms with Gasteiger partial charge in [-0.2, -0.15) is 5.10 Å². The molecule has 0 fully saturated rings. The van der Waals surface area contributed by atoms with Crippen LogP contribution < -0.4 is 10.7 Å². The number of hydrogen-bond acceptors (Lipinski definition) is 6. The molecule has 0 saturated heterocycles. The van der Waals surface area contributed by atoms with Gasteiger partial charge in [0.15, 0.2) is 0 Å². The summed E-state index contributed by atoms with van der Waals surface area (Å²) in [6.07, 6.45) is 1.52. The fourth-order valence-corrected chi connectivity index (χ4v) is 3.88. The summed E-state index contributed by atoms with van der Waals surface area (Å²) in [5, 5.41) is 17.8. The van der Waals surface area contributed by atoms with E-state index in [1.165, 1.54) is 12.1 Å². The molecule has 0 radical (unpaired) electrons. The van der Waals surface area contributed by atoms with Gasteiger partial charge in [0.25, 0.3) is 16.8 Å². The zero-order chi connectivity index (χ0) is 19.8. The molecule has 1 unspecified atom stereocenters. The number of nitrogens with zero attached hydrogens (tertiary/aromatic N) is 2. The van der Waals surface area contributed by atoms with Crippen molar-refractivity contribution in [3.05, 3.63) is 69.3 Å². The number of amides is 2. The van der Waals surface area contributed by atoms with Crippen molar-refractivity contribution >= 4 is 51.6 Å². The first-order valence-corrected chi connectivity index (χ1v) is 9.27. The van der Waals surface area contributed by atoms with Gasteiger partial charge < -0.3 is 5.32 Å². The average Bonchev–Trinajstić information content (AvgIpc) is 2.97. The molecule has 2 aromatic rings. The van der Waals surface area contributed by atoms with E-state index in [-0.39, 0.29) is 22.1 Å². The van der Waals surface area contributed by atoms with Crippen LogP contribution in [0.15, 0.2) is 47.6 Å². The summed E-state index contributed by atoms with van der Waals surface area (Å²) >= 11 is 1.13. The van der Waals surface area contributed by atoms with E-state index < -0.39 is 4.92 Å². The van der Waals surface area contributed by atoms with E-state index in [0.717, 1.165) is 17.3 Å². The molecule has 2 aliphatic heterocycles. The van der Waals surface area contributed by atoms with Gasteiger partial charge in [-0.3, -0.25) is 19.7 Å². The Hall–Kier alpha value is -3.46. The third-order valence-corrected chi connectivity index (χ3v) is 5.35. The molecular weight excluding hydrogens is 380 g/mol. The van der Waals surface area contributed by atoms with Gasteiger partial charge in [0.1, 0.15) is 0 Å². The summed E-state index contributed by atoms with van der Waals surface area (Å²) in [5.74, 6) is -0.327. The lowest BCUT2D eigenvalue weighted by molar-refractivity contribution is -0.385. The number of nitro groups is 1. The quantitative estimate of drug-likeness (QED) is 0.469. The van der Waals surface area contributed by atoms with Crippen molar-refractivity contribution in [2.24, 2.45) is 5.10 Å². The molecule has 2 N–H and O–H groups in total. The minimum Gasteiger partial charge on any atom is -0.321 e. The molecule has 4 rings (SSSR count). The van der Waals surface area contributed by atoms with Crippen molar-refractivity contribution in [3.8, 4) is 0 Å². The van der Waals surface area contributed by atoms with E-state index in [9.17, 15) is 19.7 Å². The van der Waals surface area contributed by atoms with Crippen molar-refractivity contribution in [1.82, 2.24) is 5.43 Å². The summed E-state index contributed by atoms with van der Waals surface area (Å²) in [6, 6.07) is 11.6. The van der Waals surface area contributed by atoms with Gasteiger partial charge in [0.2, 0.25) is 0 Å². The zero-order valence-electron chi connectivity index (χ0n) is 14.6. The Labute approximate surface area is 163 Å². The van der Waals surface area contributed by atoms with Crippen LogP contribution in [0, 0.1) is 10.1 Å². The topological polar surface area (TPSA) is 114 Å². The van der Waals surface area contributed by atoms with Crippen LogP contribution in [0.2, 0.25) is 0 Å². The lowest BCUT2D eigenvalue weighted by Crippen LogP contribution is -2.29. The monoisotopic (exact) mass is 394 g/mol. The third-order valence-electron chi connectivity index (χ3n) is 4.47. The van der Waals surface area contributed by atoms with Crippen molar-refractivity contribution < 1.29 is 14.5 Å². The van der Waals surface area contributed by atoms with Crippen LogP contribution in [0.1, 0.15) is 23.6 Å². The first-order chi connectivity index (χ1) is 13.4. The van der Waals surface area contributed by atoms with Gasteiger partial charge in [0, 0.05) is 22.9 Å². The van der Waals surface area contributed by atoms with Crippen LogP contribution in [-0.4, -0.2) is 27.0 Å². The molecule has 0 bridgehead atoms. The van der Waals surface area contributed by atoms with E-state index in [4.69, 9.17) is 0 Å². The Morgan fingerprint density at radius 2 is 2.00 bits per heavy atom. The Balaban J connectivity index is 1.79. The number of carbonyl (C=O) groups is 2. The van der Waals surface area contributed by atoms with Crippen molar-refractivity contribution in [2.45, 2.75) is 12.2 Å². The second-order valence-electron chi connectivity index (χ2n) is 6.24. The van der Waals surface area contributed by atoms with Gasteiger partial charge in [-0.1, -0.05) is 30.0 Å². The van der Waals surface area contributed by atoms with Gasteiger partial charge in [-0.25, -0.2) is 5.43 Å². The largest absolute Gasteiger partial charge is 0.321 e. The number of hydrogen-bond donors (Lipinski definition) is 2. The minimum absolute atomic E-state index is 0.0724. The van der Waals surface area contributed by atoms with Crippen LogP contribution in [0.25, 0.3) is 11.6 Å². The maximum Gasteiger partial charge on any atom is 0.299 e. The molecule has 2 heterocycles. The molecule has 0 saturated carbocycles. The van der Waals surface area contributed by atoms with E-state index in [1.807, 2.05) is 13.0 Å². The summed E-state index contributed by atoms with van der Waals surface area (Å²) in [7, 11) is 0. The van der Waals surface area contributed by atoms with Gasteiger partial charge in [-0.15, -0.1) is 0 Å². The van der Waals surface area contributed by atoms with E-state index >= 15 is 0 Å². The Morgan fingerprint density at radius 3 is 2.75 bits per heavy atom. The van der Waals surface area contributed by atoms with Crippen LogP contribution in [-0.2, 0) is 4.79 Å². The van der Waals surface area contributed by atoms with Crippen molar-refractivity contribution in [1.29, 1.82) is 0 Å². The van der Waals surface area contributed by atoms with Crippen LogP contribution in [0.3, 0.4) is 0 Å². The normalized spacial score (nSPS) is 19.7. The van der Waals surface area contributed by atoms with Gasteiger partial charge in [0.05, 0.1) is 21.4 Å². The highest BCUT2D eigenvalue weighted by molar-refractivity contribution is 8.14. The van der Waals surface area contributed by atoms with Crippen LogP contribution >= 0.6 is 11.8 Å². The zero-order valence-corrected chi connectivity index (χ0v) is 15.4. The number of nitrogens with one attached hydrogen (secondary N) is 2. The lowest BCUT2D eigenvalue weighted by Gasteiger charge is -2.18. The molecule has 0 aromatic heterocycles. The summed E-state index contributed by atoms with van der Waals surface area (Å²) in [6.45, 7) is 1.88. The summed E-state index contributed by atoms with van der Waals surface area (Å²) in [5.41, 5.74) is 5.78. The number of carbonyl (C=O) groups excluding carboxylic acids is 2.